The standard InChI is InChI=1S/C20H12BrNO6/c1-10(22-17(23)11-6-2-3-7-12(11)18(22)24)19(25)28-16-15(21)13-8-4-5-9-14(13)27-20(16)26/h2-10H,1H3/t10-/m0/s1. The van der Waals surface area contributed by atoms with Crippen LogP contribution in [0, 0.1) is 0 Å². The summed E-state index contributed by atoms with van der Waals surface area (Å²) in [5, 5.41) is 0.540. The number of hydrogen-bond donors (Lipinski definition) is 0. The SMILES string of the molecule is C[C@@H](C(=O)Oc1c(Br)c2ccccc2oc1=O)N1C(=O)c2ccccc2C1=O. The van der Waals surface area contributed by atoms with Crippen LogP contribution in [0.2, 0.25) is 0 Å². The van der Waals surface area contributed by atoms with Gasteiger partial charge in [0.15, 0.2) is 0 Å². The van der Waals surface area contributed by atoms with Gasteiger partial charge in [0.2, 0.25) is 5.75 Å². The summed E-state index contributed by atoms with van der Waals surface area (Å²) in [6.07, 6.45) is 0. The van der Waals surface area contributed by atoms with Gasteiger partial charge in [0, 0.05) is 5.39 Å². The Bertz CT molecular complexity index is 1180. The molecule has 1 atom stereocenters. The van der Waals surface area contributed by atoms with Crippen molar-refractivity contribution in [2.45, 2.75) is 13.0 Å². The maximum atomic E-state index is 12.6. The Labute approximate surface area is 166 Å². The molecule has 0 spiro atoms. The van der Waals surface area contributed by atoms with E-state index in [9.17, 15) is 19.2 Å². The maximum absolute atomic E-state index is 12.6. The predicted octanol–water partition coefficient (Wildman–Crippen LogP) is 3.15. The van der Waals surface area contributed by atoms with Crippen molar-refractivity contribution in [2.75, 3.05) is 0 Å². The van der Waals surface area contributed by atoms with E-state index in [0.29, 0.717) is 11.0 Å². The van der Waals surface area contributed by atoms with Crippen molar-refractivity contribution >= 4 is 44.7 Å². The van der Waals surface area contributed by atoms with Crippen LogP contribution in [0.5, 0.6) is 5.75 Å². The molecule has 8 heteroatoms. The molecule has 0 saturated carbocycles. The monoisotopic (exact) mass is 441 g/mol. The second kappa shape index (κ2) is 6.72. The third-order valence-electron chi connectivity index (χ3n) is 4.47. The van der Waals surface area contributed by atoms with Gasteiger partial charge in [-0.05, 0) is 47.1 Å². The normalized spacial score (nSPS) is 14.3. The number of para-hydroxylation sites is 1. The Kier molecular flexibility index (Phi) is 4.35. The molecule has 0 N–H and O–H groups in total. The third-order valence-corrected chi connectivity index (χ3v) is 5.25. The Morgan fingerprint density at radius 2 is 1.57 bits per heavy atom. The van der Waals surface area contributed by atoms with Crippen LogP contribution in [-0.4, -0.2) is 28.7 Å². The summed E-state index contributed by atoms with van der Waals surface area (Å²) >= 11 is 3.26. The number of nitrogens with zero attached hydrogens (tertiary/aromatic N) is 1. The lowest BCUT2D eigenvalue weighted by Crippen LogP contribution is -2.45. The van der Waals surface area contributed by atoms with E-state index in [-0.39, 0.29) is 21.3 Å². The highest BCUT2D eigenvalue weighted by atomic mass is 79.9. The van der Waals surface area contributed by atoms with Gasteiger partial charge in [0.05, 0.1) is 15.6 Å². The van der Waals surface area contributed by atoms with Crippen LogP contribution in [-0.2, 0) is 4.79 Å². The molecule has 28 heavy (non-hydrogen) atoms. The van der Waals surface area contributed by atoms with Gasteiger partial charge < -0.3 is 9.15 Å². The molecular formula is C20H12BrNO6. The van der Waals surface area contributed by atoms with Crippen molar-refractivity contribution in [1.82, 2.24) is 4.90 Å². The molecule has 0 unspecified atom stereocenters. The molecule has 2 amide bonds. The van der Waals surface area contributed by atoms with Crippen molar-refractivity contribution in [3.05, 3.63) is 74.6 Å². The molecule has 4 rings (SSSR count). The average Bonchev–Trinajstić information content (AvgIpc) is 2.95. The summed E-state index contributed by atoms with van der Waals surface area (Å²) in [6, 6.07) is 11.8. The summed E-state index contributed by atoms with van der Waals surface area (Å²) in [6.45, 7) is 1.36. The molecule has 0 radical (unpaired) electrons. The molecule has 140 valence electrons. The lowest BCUT2D eigenvalue weighted by molar-refractivity contribution is -0.138. The minimum absolute atomic E-state index is 0.221. The van der Waals surface area contributed by atoms with Gasteiger partial charge in [-0.1, -0.05) is 24.3 Å². The Balaban J connectivity index is 1.65. The van der Waals surface area contributed by atoms with E-state index < -0.39 is 29.5 Å². The van der Waals surface area contributed by atoms with E-state index in [2.05, 4.69) is 15.9 Å². The zero-order valence-corrected chi connectivity index (χ0v) is 16.1. The van der Waals surface area contributed by atoms with Crippen LogP contribution in [0.25, 0.3) is 11.0 Å². The van der Waals surface area contributed by atoms with Crippen LogP contribution in [0.15, 0.2) is 62.2 Å². The smallest absolute Gasteiger partial charge is 0.381 e. The lowest BCUT2D eigenvalue weighted by Gasteiger charge is -2.20. The van der Waals surface area contributed by atoms with Crippen molar-refractivity contribution in [1.29, 1.82) is 0 Å². The van der Waals surface area contributed by atoms with E-state index in [1.54, 1.807) is 36.4 Å². The largest absolute Gasteiger partial charge is 0.420 e. The van der Waals surface area contributed by atoms with E-state index in [0.717, 1.165) is 4.90 Å². The number of hydrogen-bond acceptors (Lipinski definition) is 6. The first-order valence-corrected chi connectivity index (χ1v) is 9.09. The number of amides is 2. The number of carbonyl (C=O) groups excluding carboxylic acids is 3. The number of benzene rings is 2. The summed E-state index contributed by atoms with van der Waals surface area (Å²) in [5.41, 5.74) is -0.0850. The summed E-state index contributed by atoms with van der Waals surface area (Å²) < 4.78 is 10.6. The Morgan fingerprint density at radius 3 is 2.21 bits per heavy atom. The molecule has 1 aliphatic rings. The van der Waals surface area contributed by atoms with Gasteiger partial charge >= 0.3 is 11.6 Å². The first kappa shape index (κ1) is 18.1. The highest BCUT2D eigenvalue weighted by Gasteiger charge is 2.41. The molecule has 1 aromatic heterocycles. The number of esters is 1. The van der Waals surface area contributed by atoms with Gasteiger partial charge in [-0.2, -0.15) is 0 Å². The molecule has 2 aromatic carbocycles. The first-order chi connectivity index (χ1) is 13.4. The highest BCUT2D eigenvalue weighted by molar-refractivity contribution is 9.10. The molecule has 7 nitrogen and oxygen atoms in total. The van der Waals surface area contributed by atoms with E-state index in [1.165, 1.54) is 19.1 Å². The van der Waals surface area contributed by atoms with Gasteiger partial charge in [-0.15, -0.1) is 0 Å². The number of imide groups is 1. The molecule has 1 aliphatic heterocycles. The minimum Gasteiger partial charge on any atom is -0.420 e. The molecule has 3 aromatic rings. The van der Waals surface area contributed by atoms with Gasteiger partial charge in [-0.3, -0.25) is 14.5 Å². The zero-order chi connectivity index (χ0) is 20.0. The highest BCUT2D eigenvalue weighted by Crippen LogP contribution is 2.31. The van der Waals surface area contributed by atoms with Gasteiger partial charge in [0.1, 0.15) is 11.6 Å². The predicted molar refractivity (Wildman–Crippen MR) is 102 cm³/mol. The van der Waals surface area contributed by atoms with Gasteiger partial charge in [0.25, 0.3) is 11.8 Å². The molecule has 0 fully saturated rings. The van der Waals surface area contributed by atoms with Crippen LogP contribution < -0.4 is 10.4 Å². The molecule has 0 aliphatic carbocycles. The number of rotatable bonds is 3. The second-order valence-corrected chi connectivity index (χ2v) is 6.94. The fraction of sp³-hybridized carbons (Fsp3) is 0.100. The van der Waals surface area contributed by atoms with Crippen LogP contribution in [0.3, 0.4) is 0 Å². The maximum Gasteiger partial charge on any atom is 0.381 e. The zero-order valence-electron chi connectivity index (χ0n) is 14.5. The third kappa shape index (κ3) is 2.73. The van der Waals surface area contributed by atoms with E-state index >= 15 is 0 Å². The summed E-state index contributed by atoms with van der Waals surface area (Å²) in [4.78, 5) is 50.7. The molecule has 0 bridgehead atoms. The molecule has 0 saturated heterocycles. The van der Waals surface area contributed by atoms with Crippen molar-refractivity contribution in [2.24, 2.45) is 0 Å². The van der Waals surface area contributed by atoms with Gasteiger partial charge in [-0.25, -0.2) is 9.59 Å². The average molecular weight is 442 g/mol. The van der Waals surface area contributed by atoms with Crippen LogP contribution in [0.1, 0.15) is 27.6 Å². The first-order valence-electron chi connectivity index (χ1n) is 8.30. The van der Waals surface area contributed by atoms with Crippen molar-refractivity contribution in [3.63, 3.8) is 0 Å². The summed E-state index contributed by atoms with van der Waals surface area (Å²) in [7, 11) is 0. The van der Waals surface area contributed by atoms with E-state index in [4.69, 9.17) is 9.15 Å². The Morgan fingerprint density at radius 1 is 1.00 bits per heavy atom. The van der Waals surface area contributed by atoms with Crippen LogP contribution in [0.4, 0.5) is 0 Å². The van der Waals surface area contributed by atoms with Crippen molar-refractivity contribution in [3.8, 4) is 5.75 Å². The number of ether oxygens (including phenoxy) is 1. The number of halogens is 1. The van der Waals surface area contributed by atoms with Crippen LogP contribution >= 0.6 is 15.9 Å². The lowest BCUT2D eigenvalue weighted by atomic mass is 10.1. The van der Waals surface area contributed by atoms with E-state index in [1.807, 2.05) is 0 Å². The van der Waals surface area contributed by atoms with Crippen molar-refractivity contribution < 1.29 is 23.5 Å². The number of carbonyl (C=O) groups is 3. The fourth-order valence-corrected chi connectivity index (χ4v) is 3.60. The Hall–Kier alpha value is -3.26. The fourth-order valence-electron chi connectivity index (χ4n) is 3.03. The second-order valence-electron chi connectivity index (χ2n) is 6.15. The quantitative estimate of drug-likeness (QED) is 0.352. The molecular weight excluding hydrogens is 430 g/mol. The minimum atomic E-state index is -1.23. The number of fused-ring (bicyclic) bond motifs is 2. The summed E-state index contributed by atoms with van der Waals surface area (Å²) in [5.74, 6) is -2.45. The molecule has 2 heterocycles. The topological polar surface area (TPSA) is 93.9 Å².